The Morgan fingerprint density at radius 3 is 2.54 bits per heavy atom. The Morgan fingerprint density at radius 1 is 1.25 bits per heavy atom. The average Bonchev–Trinajstić information content (AvgIpc) is 2.69. The minimum Gasteiger partial charge on any atom is -0.467 e. The van der Waals surface area contributed by atoms with Gasteiger partial charge in [0.25, 0.3) is 0 Å². The number of amides is 2. The van der Waals surface area contributed by atoms with Crippen molar-refractivity contribution in [2.24, 2.45) is 5.92 Å². The number of aliphatic hydroxyl groups is 1. The lowest BCUT2D eigenvalue weighted by atomic mass is 9.98. The van der Waals surface area contributed by atoms with Crippen molar-refractivity contribution in [2.75, 3.05) is 13.7 Å². The van der Waals surface area contributed by atoms with Gasteiger partial charge in [0, 0.05) is 18.9 Å². The minimum atomic E-state index is -1.17. The van der Waals surface area contributed by atoms with E-state index in [4.69, 9.17) is 10.00 Å². The standard InChI is InChI=1S/C19H25N3O6/c1-13(8-9-20)17(18(25)27-2)22-16(24)10-15(23)11-21-19(26)28-12-14-6-4-3-5-7-14/h3-7,13,15,17,23H,8,10-12H2,1-2H3,(H,21,26)(H,22,24)/t13-,15+,17-/m1/s1. The van der Waals surface area contributed by atoms with Gasteiger partial charge in [-0.2, -0.15) is 5.26 Å². The molecule has 28 heavy (non-hydrogen) atoms. The van der Waals surface area contributed by atoms with Crippen molar-refractivity contribution in [1.82, 2.24) is 10.6 Å². The largest absolute Gasteiger partial charge is 0.467 e. The molecule has 0 fully saturated rings. The maximum absolute atomic E-state index is 12.0. The molecule has 0 aliphatic heterocycles. The molecular formula is C19H25N3O6. The van der Waals surface area contributed by atoms with Crippen LogP contribution in [0, 0.1) is 17.2 Å². The molecule has 0 spiro atoms. The summed E-state index contributed by atoms with van der Waals surface area (Å²) in [5, 5.41) is 23.5. The van der Waals surface area contributed by atoms with Gasteiger partial charge in [-0.05, 0) is 5.56 Å². The Bertz CT molecular complexity index is 689. The van der Waals surface area contributed by atoms with Crippen LogP contribution in [0.1, 0.15) is 25.3 Å². The molecule has 0 aliphatic carbocycles. The van der Waals surface area contributed by atoms with Crippen molar-refractivity contribution in [3.05, 3.63) is 35.9 Å². The van der Waals surface area contributed by atoms with Gasteiger partial charge in [0.1, 0.15) is 12.6 Å². The Balaban J connectivity index is 2.38. The lowest BCUT2D eigenvalue weighted by molar-refractivity contribution is -0.146. The van der Waals surface area contributed by atoms with Crippen LogP contribution in [0.15, 0.2) is 30.3 Å². The zero-order chi connectivity index (χ0) is 20.9. The summed E-state index contributed by atoms with van der Waals surface area (Å²) in [6.07, 6.45) is -2.18. The summed E-state index contributed by atoms with van der Waals surface area (Å²) >= 11 is 0. The number of methoxy groups -OCH3 is 1. The molecule has 9 nitrogen and oxygen atoms in total. The first-order valence-corrected chi connectivity index (χ1v) is 8.74. The number of aliphatic hydroxyl groups excluding tert-OH is 1. The van der Waals surface area contributed by atoms with Crippen molar-refractivity contribution >= 4 is 18.0 Å². The SMILES string of the molecule is COC(=O)[C@H](NC(=O)C[C@H](O)CNC(=O)OCc1ccccc1)[C@H](C)CC#N. The van der Waals surface area contributed by atoms with Crippen molar-refractivity contribution in [2.45, 2.75) is 38.5 Å². The Kier molecular flexibility index (Phi) is 10.1. The fourth-order valence-corrected chi connectivity index (χ4v) is 2.32. The van der Waals surface area contributed by atoms with Crippen LogP contribution in [0.25, 0.3) is 0 Å². The van der Waals surface area contributed by atoms with Gasteiger partial charge in [0.2, 0.25) is 5.91 Å². The van der Waals surface area contributed by atoms with Gasteiger partial charge in [-0.15, -0.1) is 0 Å². The third kappa shape index (κ3) is 8.51. The highest BCUT2D eigenvalue weighted by molar-refractivity contribution is 5.84. The number of ether oxygens (including phenoxy) is 2. The predicted octanol–water partition coefficient (Wildman–Crippen LogP) is 0.871. The van der Waals surface area contributed by atoms with Crippen molar-refractivity contribution in [3.8, 4) is 6.07 Å². The molecule has 0 aromatic heterocycles. The quantitative estimate of drug-likeness (QED) is 0.503. The van der Waals surface area contributed by atoms with E-state index in [2.05, 4.69) is 15.4 Å². The average molecular weight is 391 g/mol. The molecule has 1 aromatic rings. The number of alkyl carbamates (subject to hydrolysis) is 1. The molecule has 9 heteroatoms. The van der Waals surface area contributed by atoms with E-state index in [1.54, 1.807) is 19.1 Å². The van der Waals surface area contributed by atoms with Crippen LogP contribution in [0.5, 0.6) is 0 Å². The van der Waals surface area contributed by atoms with Crippen molar-refractivity contribution in [1.29, 1.82) is 5.26 Å². The van der Waals surface area contributed by atoms with Crippen LogP contribution in [-0.2, 0) is 25.7 Å². The first-order valence-electron chi connectivity index (χ1n) is 8.74. The molecule has 0 aliphatic rings. The van der Waals surface area contributed by atoms with Crippen LogP contribution < -0.4 is 10.6 Å². The van der Waals surface area contributed by atoms with Crippen LogP contribution in [0.2, 0.25) is 0 Å². The smallest absolute Gasteiger partial charge is 0.407 e. The number of esters is 1. The van der Waals surface area contributed by atoms with Gasteiger partial charge in [-0.25, -0.2) is 9.59 Å². The Morgan fingerprint density at radius 2 is 1.93 bits per heavy atom. The molecule has 0 radical (unpaired) electrons. The summed E-state index contributed by atoms with van der Waals surface area (Å²) in [4.78, 5) is 35.5. The van der Waals surface area contributed by atoms with E-state index in [1.807, 2.05) is 24.3 Å². The fraction of sp³-hybridized carbons (Fsp3) is 0.474. The van der Waals surface area contributed by atoms with E-state index < -0.39 is 36.0 Å². The Hall–Kier alpha value is -3.12. The lowest BCUT2D eigenvalue weighted by Crippen LogP contribution is -2.47. The molecule has 3 atom stereocenters. The number of carbonyl (C=O) groups excluding carboxylic acids is 3. The van der Waals surface area contributed by atoms with E-state index in [0.717, 1.165) is 5.56 Å². The highest BCUT2D eigenvalue weighted by Gasteiger charge is 2.28. The molecule has 2 amide bonds. The number of rotatable bonds is 10. The second-order valence-corrected chi connectivity index (χ2v) is 6.21. The summed E-state index contributed by atoms with van der Waals surface area (Å²) in [6.45, 7) is 1.52. The summed E-state index contributed by atoms with van der Waals surface area (Å²) in [6, 6.07) is 10.0. The van der Waals surface area contributed by atoms with Gasteiger partial charge in [-0.1, -0.05) is 37.3 Å². The molecule has 1 rings (SSSR count). The van der Waals surface area contributed by atoms with Crippen LogP contribution >= 0.6 is 0 Å². The number of hydrogen-bond donors (Lipinski definition) is 3. The second kappa shape index (κ2) is 12.3. The molecule has 0 saturated carbocycles. The highest BCUT2D eigenvalue weighted by atomic mass is 16.5. The molecule has 152 valence electrons. The highest BCUT2D eigenvalue weighted by Crippen LogP contribution is 2.10. The number of carbonyl (C=O) groups is 3. The molecule has 0 unspecified atom stereocenters. The van der Waals surface area contributed by atoms with Gasteiger partial charge >= 0.3 is 12.1 Å². The number of nitrogens with zero attached hydrogens (tertiary/aromatic N) is 1. The molecule has 0 bridgehead atoms. The molecule has 0 saturated heterocycles. The van der Waals surface area contributed by atoms with Crippen LogP contribution in [0.3, 0.4) is 0 Å². The van der Waals surface area contributed by atoms with Crippen LogP contribution in [0.4, 0.5) is 4.79 Å². The normalized spacial score (nSPS) is 13.4. The third-order valence-corrected chi connectivity index (χ3v) is 3.87. The van der Waals surface area contributed by atoms with E-state index in [9.17, 15) is 19.5 Å². The minimum absolute atomic E-state index is 0.0530. The second-order valence-electron chi connectivity index (χ2n) is 6.21. The molecular weight excluding hydrogens is 366 g/mol. The predicted molar refractivity (Wildman–Crippen MR) is 98.6 cm³/mol. The monoisotopic (exact) mass is 391 g/mol. The first kappa shape index (κ1) is 22.9. The van der Waals surface area contributed by atoms with Gasteiger partial charge < -0.3 is 25.2 Å². The summed E-state index contributed by atoms with van der Waals surface area (Å²) in [7, 11) is 1.18. The van der Waals surface area contributed by atoms with E-state index in [-0.39, 0.29) is 26.0 Å². The van der Waals surface area contributed by atoms with Crippen molar-refractivity contribution in [3.63, 3.8) is 0 Å². The van der Waals surface area contributed by atoms with E-state index in [1.165, 1.54) is 7.11 Å². The number of benzene rings is 1. The van der Waals surface area contributed by atoms with E-state index >= 15 is 0 Å². The van der Waals surface area contributed by atoms with Crippen molar-refractivity contribution < 1.29 is 29.0 Å². The number of nitriles is 1. The van der Waals surface area contributed by atoms with Gasteiger partial charge in [0.15, 0.2) is 0 Å². The van der Waals surface area contributed by atoms with Gasteiger partial charge in [-0.3, -0.25) is 4.79 Å². The van der Waals surface area contributed by atoms with Crippen LogP contribution in [-0.4, -0.2) is 48.9 Å². The summed E-state index contributed by atoms with van der Waals surface area (Å²) in [5.74, 6) is -1.73. The Labute approximate surface area is 163 Å². The first-order chi connectivity index (χ1) is 13.4. The molecule has 0 heterocycles. The number of hydrogen-bond acceptors (Lipinski definition) is 7. The molecule has 3 N–H and O–H groups in total. The maximum atomic E-state index is 12.0. The fourth-order valence-electron chi connectivity index (χ4n) is 2.32. The third-order valence-electron chi connectivity index (χ3n) is 3.87. The zero-order valence-corrected chi connectivity index (χ0v) is 15.9. The van der Waals surface area contributed by atoms with Gasteiger partial charge in [0.05, 0.1) is 25.7 Å². The maximum Gasteiger partial charge on any atom is 0.407 e. The van der Waals surface area contributed by atoms with E-state index in [0.29, 0.717) is 0 Å². The number of nitrogens with one attached hydrogen (secondary N) is 2. The summed E-state index contributed by atoms with van der Waals surface area (Å²) < 4.78 is 9.63. The zero-order valence-electron chi connectivity index (χ0n) is 15.9. The molecule has 1 aromatic carbocycles. The lowest BCUT2D eigenvalue weighted by Gasteiger charge is -2.21. The topological polar surface area (TPSA) is 138 Å². The summed E-state index contributed by atoms with van der Waals surface area (Å²) in [5.41, 5.74) is 0.818.